The molecule has 3 aromatic rings. The number of thioether (sulfide) groups is 1. The molecule has 4 heteroatoms. The first-order valence-electron chi connectivity index (χ1n) is 8.51. The number of amides is 1. The van der Waals surface area contributed by atoms with Gasteiger partial charge in [-0.3, -0.25) is 4.79 Å². The van der Waals surface area contributed by atoms with Crippen molar-refractivity contribution >= 4 is 29.3 Å². The maximum absolute atomic E-state index is 12.8. The molecule has 0 aromatic heterocycles. The summed E-state index contributed by atoms with van der Waals surface area (Å²) in [7, 11) is 0. The SMILES string of the molecule is O=C(NCCc1cccc(Cl)c1)[C@H](Sc1ccccc1)c1ccccc1. The molecule has 0 radical (unpaired) electrons. The van der Waals surface area contributed by atoms with Gasteiger partial charge in [-0.25, -0.2) is 0 Å². The Morgan fingerprint density at radius 2 is 1.62 bits per heavy atom. The van der Waals surface area contributed by atoms with Crippen LogP contribution in [0.5, 0.6) is 0 Å². The van der Waals surface area contributed by atoms with Crippen molar-refractivity contribution in [3.8, 4) is 0 Å². The highest BCUT2D eigenvalue weighted by molar-refractivity contribution is 8.00. The first-order chi connectivity index (χ1) is 12.7. The molecule has 0 unspecified atom stereocenters. The van der Waals surface area contributed by atoms with Crippen LogP contribution in [0.25, 0.3) is 0 Å². The summed E-state index contributed by atoms with van der Waals surface area (Å²) in [5.41, 5.74) is 2.12. The van der Waals surface area contributed by atoms with Crippen molar-refractivity contribution in [1.82, 2.24) is 5.32 Å². The molecule has 0 bridgehead atoms. The fraction of sp³-hybridized carbons (Fsp3) is 0.136. The number of halogens is 1. The molecule has 0 spiro atoms. The monoisotopic (exact) mass is 381 g/mol. The topological polar surface area (TPSA) is 29.1 Å². The highest BCUT2D eigenvalue weighted by atomic mass is 35.5. The lowest BCUT2D eigenvalue weighted by molar-refractivity contribution is -0.120. The molecule has 132 valence electrons. The molecule has 1 atom stereocenters. The third kappa shape index (κ3) is 5.38. The van der Waals surface area contributed by atoms with E-state index in [9.17, 15) is 4.79 Å². The van der Waals surface area contributed by atoms with E-state index < -0.39 is 0 Å². The summed E-state index contributed by atoms with van der Waals surface area (Å²) in [5, 5.41) is 3.51. The Kier molecular flexibility index (Phi) is 6.75. The standard InChI is InChI=1S/C22H20ClNOS/c23-19-11-7-8-17(16-19)14-15-24-22(25)21(18-9-3-1-4-10-18)26-20-12-5-2-6-13-20/h1-13,16,21H,14-15H2,(H,24,25)/t21-/m1/s1. The van der Waals surface area contributed by atoms with Crippen LogP contribution in [0.1, 0.15) is 16.4 Å². The lowest BCUT2D eigenvalue weighted by Crippen LogP contribution is -2.29. The number of nitrogens with one attached hydrogen (secondary N) is 1. The summed E-state index contributed by atoms with van der Waals surface area (Å²) < 4.78 is 0. The lowest BCUT2D eigenvalue weighted by atomic mass is 10.1. The molecule has 0 fully saturated rings. The van der Waals surface area contributed by atoms with Gasteiger partial charge in [0.2, 0.25) is 5.91 Å². The van der Waals surface area contributed by atoms with Crippen molar-refractivity contribution in [3.05, 3.63) is 101 Å². The van der Waals surface area contributed by atoms with E-state index in [1.54, 1.807) is 11.8 Å². The Hall–Kier alpha value is -2.23. The summed E-state index contributed by atoms with van der Waals surface area (Å²) in [6, 6.07) is 27.6. The molecule has 2 nitrogen and oxygen atoms in total. The van der Waals surface area contributed by atoms with Crippen molar-refractivity contribution in [3.63, 3.8) is 0 Å². The Balaban J connectivity index is 1.66. The second-order valence-electron chi connectivity index (χ2n) is 5.89. The zero-order chi connectivity index (χ0) is 18.2. The first-order valence-corrected chi connectivity index (χ1v) is 9.77. The van der Waals surface area contributed by atoms with E-state index in [0.29, 0.717) is 6.54 Å². The predicted octanol–water partition coefficient (Wildman–Crippen LogP) is 5.53. The van der Waals surface area contributed by atoms with Crippen LogP contribution >= 0.6 is 23.4 Å². The summed E-state index contributed by atoms with van der Waals surface area (Å²) in [5.74, 6) is 0.0204. The second kappa shape index (κ2) is 9.46. The minimum atomic E-state index is -0.280. The first kappa shape index (κ1) is 18.6. The smallest absolute Gasteiger partial charge is 0.238 e. The number of hydrogen-bond acceptors (Lipinski definition) is 2. The number of hydrogen-bond donors (Lipinski definition) is 1. The van der Waals surface area contributed by atoms with Gasteiger partial charge in [-0.15, -0.1) is 11.8 Å². The van der Waals surface area contributed by atoms with Gasteiger partial charge in [-0.05, 0) is 41.8 Å². The van der Waals surface area contributed by atoms with Crippen LogP contribution in [-0.2, 0) is 11.2 Å². The number of carbonyl (C=O) groups excluding carboxylic acids is 1. The van der Waals surface area contributed by atoms with Crippen LogP contribution in [0.2, 0.25) is 5.02 Å². The van der Waals surface area contributed by atoms with Crippen molar-refractivity contribution in [1.29, 1.82) is 0 Å². The summed E-state index contributed by atoms with van der Waals surface area (Å²) in [4.78, 5) is 13.9. The molecule has 0 aliphatic rings. The van der Waals surface area contributed by atoms with Crippen molar-refractivity contribution in [2.24, 2.45) is 0 Å². The number of carbonyl (C=O) groups is 1. The molecule has 0 heterocycles. The highest BCUT2D eigenvalue weighted by Gasteiger charge is 2.21. The van der Waals surface area contributed by atoms with Gasteiger partial charge in [0, 0.05) is 16.5 Å². The van der Waals surface area contributed by atoms with Gasteiger partial charge in [0.15, 0.2) is 0 Å². The van der Waals surface area contributed by atoms with E-state index in [4.69, 9.17) is 11.6 Å². The zero-order valence-electron chi connectivity index (χ0n) is 14.3. The third-order valence-corrected chi connectivity index (χ3v) is 5.44. The predicted molar refractivity (Wildman–Crippen MR) is 110 cm³/mol. The minimum absolute atomic E-state index is 0.0204. The molecule has 0 aliphatic carbocycles. The lowest BCUT2D eigenvalue weighted by Gasteiger charge is -2.17. The number of rotatable bonds is 7. The normalized spacial score (nSPS) is 11.7. The van der Waals surface area contributed by atoms with Gasteiger partial charge >= 0.3 is 0 Å². The van der Waals surface area contributed by atoms with E-state index in [2.05, 4.69) is 5.32 Å². The zero-order valence-corrected chi connectivity index (χ0v) is 15.8. The van der Waals surface area contributed by atoms with E-state index >= 15 is 0 Å². The Morgan fingerprint density at radius 1 is 0.923 bits per heavy atom. The molecular formula is C22H20ClNOS. The van der Waals surface area contributed by atoms with Gasteiger partial charge in [-0.1, -0.05) is 72.3 Å². The van der Waals surface area contributed by atoms with E-state index in [1.807, 2.05) is 84.9 Å². The van der Waals surface area contributed by atoms with Gasteiger partial charge in [-0.2, -0.15) is 0 Å². The quantitative estimate of drug-likeness (QED) is 0.545. The Morgan fingerprint density at radius 3 is 2.31 bits per heavy atom. The van der Waals surface area contributed by atoms with Crippen molar-refractivity contribution in [2.45, 2.75) is 16.6 Å². The minimum Gasteiger partial charge on any atom is -0.355 e. The van der Waals surface area contributed by atoms with Gasteiger partial charge in [0.1, 0.15) is 5.25 Å². The van der Waals surface area contributed by atoms with E-state index in [-0.39, 0.29) is 11.2 Å². The summed E-state index contributed by atoms with van der Waals surface area (Å²) in [6.45, 7) is 0.581. The molecule has 26 heavy (non-hydrogen) atoms. The van der Waals surface area contributed by atoms with Crippen LogP contribution in [0.15, 0.2) is 89.8 Å². The Labute approximate surface area is 163 Å². The fourth-order valence-corrected chi connectivity index (χ4v) is 3.93. The Bertz CT molecular complexity index is 839. The van der Waals surface area contributed by atoms with Crippen LogP contribution in [0, 0.1) is 0 Å². The average molecular weight is 382 g/mol. The molecule has 3 rings (SSSR count). The largest absolute Gasteiger partial charge is 0.355 e. The third-order valence-electron chi connectivity index (χ3n) is 3.94. The van der Waals surface area contributed by atoms with Crippen LogP contribution in [0.3, 0.4) is 0 Å². The van der Waals surface area contributed by atoms with E-state index in [1.165, 1.54) is 0 Å². The maximum Gasteiger partial charge on any atom is 0.238 e. The summed E-state index contributed by atoms with van der Waals surface area (Å²) >= 11 is 7.58. The van der Waals surface area contributed by atoms with Crippen LogP contribution < -0.4 is 5.32 Å². The van der Waals surface area contributed by atoms with Crippen LogP contribution in [-0.4, -0.2) is 12.5 Å². The molecule has 0 saturated carbocycles. The molecule has 0 saturated heterocycles. The molecular weight excluding hydrogens is 362 g/mol. The van der Waals surface area contributed by atoms with Gasteiger partial charge < -0.3 is 5.32 Å². The van der Waals surface area contributed by atoms with Gasteiger partial charge in [0.05, 0.1) is 0 Å². The van der Waals surface area contributed by atoms with Crippen LogP contribution in [0.4, 0.5) is 0 Å². The highest BCUT2D eigenvalue weighted by Crippen LogP contribution is 2.35. The fourth-order valence-electron chi connectivity index (χ4n) is 2.65. The summed E-state index contributed by atoms with van der Waals surface area (Å²) in [6.07, 6.45) is 0.754. The average Bonchev–Trinajstić information content (AvgIpc) is 2.67. The molecule has 3 aromatic carbocycles. The van der Waals surface area contributed by atoms with Crippen molar-refractivity contribution < 1.29 is 4.79 Å². The van der Waals surface area contributed by atoms with Gasteiger partial charge in [0.25, 0.3) is 0 Å². The van der Waals surface area contributed by atoms with E-state index in [0.717, 1.165) is 27.5 Å². The molecule has 1 amide bonds. The molecule has 1 N–H and O–H groups in total. The van der Waals surface area contributed by atoms with Crippen molar-refractivity contribution in [2.75, 3.05) is 6.54 Å². The molecule has 0 aliphatic heterocycles. The second-order valence-corrected chi connectivity index (χ2v) is 7.51. The number of benzene rings is 3. The maximum atomic E-state index is 12.8.